The molecule has 1 atom stereocenters. The summed E-state index contributed by atoms with van der Waals surface area (Å²) in [5.41, 5.74) is 1.51. The zero-order chi connectivity index (χ0) is 11.3. The van der Waals surface area contributed by atoms with Gasteiger partial charge in [0.1, 0.15) is 0 Å². The van der Waals surface area contributed by atoms with Crippen LogP contribution in [0.3, 0.4) is 0 Å². The number of aromatic nitrogens is 1. The number of nitrogens with zero attached hydrogens (tertiary/aromatic N) is 1. The number of thiazole rings is 1. The van der Waals surface area contributed by atoms with Crippen molar-refractivity contribution in [3.63, 3.8) is 0 Å². The van der Waals surface area contributed by atoms with E-state index in [0.717, 1.165) is 0 Å². The average molecular weight is 250 g/mol. The second kappa shape index (κ2) is 6.05. The molecule has 6 heteroatoms. The van der Waals surface area contributed by atoms with E-state index < -0.39 is 5.97 Å². The van der Waals surface area contributed by atoms with E-state index in [-0.39, 0.29) is 11.3 Å². The van der Waals surface area contributed by atoms with Crippen molar-refractivity contribution >= 4 is 28.9 Å². The molecule has 0 fully saturated rings. The fraction of sp³-hybridized carbons (Fsp3) is 0.556. The zero-order valence-corrected chi connectivity index (χ0v) is 10.1. The molecule has 0 amide bonds. The van der Waals surface area contributed by atoms with Gasteiger partial charge in [0.2, 0.25) is 0 Å². The molecule has 0 saturated carbocycles. The summed E-state index contributed by atoms with van der Waals surface area (Å²) < 4.78 is 10.0. The Kier molecular flexibility index (Phi) is 5.01. The molecule has 1 aromatic heterocycles. The molecule has 0 saturated heterocycles. The quantitative estimate of drug-likeness (QED) is 0.752. The first kappa shape index (κ1) is 12.4. The zero-order valence-electron chi connectivity index (χ0n) is 8.53. The van der Waals surface area contributed by atoms with Crippen LogP contribution in [0.5, 0.6) is 0 Å². The van der Waals surface area contributed by atoms with E-state index in [2.05, 4.69) is 4.98 Å². The molecule has 1 heterocycles. The maximum atomic E-state index is 11.4. The molecule has 84 valence electrons. The predicted octanol–water partition coefficient (Wildman–Crippen LogP) is 2.38. The Labute approximate surface area is 97.2 Å². The van der Waals surface area contributed by atoms with Gasteiger partial charge in [-0.1, -0.05) is 11.6 Å². The van der Waals surface area contributed by atoms with Crippen molar-refractivity contribution in [3.05, 3.63) is 15.5 Å². The van der Waals surface area contributed by atoms with Crippen molar-refractivity contribution in [2.24, 2.45) is 0 Å². The van der Waals surface area contributed by atoms with Crippen molar-refractivity contribution < 1.29 is 14.3 Å². The number of halogens is 1. The Morgan fingerprint density at radius 3 is 3.00 bits per heavy atom. The van der Waals surface area contributed by atoms with Crippen LogP contribution in [0.25, 0.3) is 0 Å². The summed E-state index contributed by atoms with van der Waals surface area (Å²) in [6.07, 6.45) is 0.744. The van der Waals surface area contributed by atoms with Gasteiger partial charge >= 0.3 is 5.97 Å². The Morgan fingerprint density at radius 2 is 2.47 bits per heavy atom. The van der Waals surface area contributed by atoms with Crippen LogP contribution in [-0.2, 0) is 9.47 Å². The highest BCUT2D eigenvalue weighted by atomic mass is 35.5. The number of esters is 1. The van der Waals surface area contributed by atoms with Gasteiger partial charge in [-0.05, 0) is 6.92 Å². The highest BCUT2D eigenvalue weighted by Gasteiger charge is 2.14. The molecule has 0 radical (unpaired) electrons. The Morgan fingerprint density at radius 1 is 1.73 bits per heavy atom. The second-order valence-electron chi connectivity index (χ2n) is 2.94. The third-order valence-electron chi connectivity index (χ3n) is 1.87. The first-order valence-electron chi connectivity index (χ1n) is 4.44. The minimum absolute atomic E-state index is 0.0785. The minimum Gasteiger partial charge on any atom is -0.461 e. The Bertz CT molecular complexity index is 329. The second-order valence-corrected chi connectivity index (χ2v) is 4.16. The smallest absolute Gasteiger partial charge is 0.351 e. The number of rotatable bonds is 5. The SMILES string of the molecule is CO[C@H](C)CCOC(=O)c1scnc1Cl. The lowest BCUT2D eigenvalue weighted by Gasteiger charge is -2.08. The van der Waals surface area contributed by atoms with E-state index in [4.69, 9.17) is 21.1 Å². The molecule has 0 unspecified atom stereocenters. The summed E-state index contributed by atoms with van der Waals surface area (Å²) >= 11 is 6.85. The van der Waals surface area contributed by atoms with E-state index in [1.54, 1.807) is 7.11 Å². The number of carbonyl (C=O) groups excluding carboxylic acids is 1. The highest BCUT2D eigenvalue weighted by molar-refractivity contribution is 7.12. The molecule has 15 heavy (non-hydrogen) atoms. The lowest BCUT2D eigenvalue weighted by Crippen LogP contribution is -2.12. The van der Waals surface area contributed by atoms with Crippen LogP contribution >= 0.6 is 22.9 Å². The summed E-state index contributed by atoms with van der Waals surface area (Å²) in [5.74, 6) is -0.425. The van der Waals surface area contributed by atoms with E-state index in [1.807, 2.05) is 6.92 Å². The highest BCUT2D eigenvalue weighted by Crippen LogP contribution is 2.19. The lowest BCUT2D eigenvalue weighted by atomic mass is 10.3. The molecule has 0 spiro atoms. The first-order chi connectivity index (χ1) is 7.15. The topological polar surface area (TPSA) is 48.4 Å². The first-order valence-corrected chi connectivity index (χ1v) is 5.69. The van der Waals surface area contributed by atoms with Crippen LogP contribution in [0.4, 0.5) is 0 Å². The number of carbonyl (C=O) groups is 1. The molecule has 0 aliphatic rings. The molecule has 0 aliphatic heterocycles. The van der Waals surface area contributed by atoms with Gasteiger partial charge in [0.05, 0.1) is 18.2 Å². The van der Waals surface area contributed by atoms with Crippen molar-refractivity contribution in [2.75, 3.05) is 13.7 Å². The average Bonchev–Trinajstić information content (AvgIpc) is 2.64. The number of hydrogen-bond acceptors (Lipinski definition) is 5. The maximum Gasteiger partial charge on any atom is 0.351 e. The van der Waals surface area contributed by atoms with Crippen LogP contribution in [-0.4, -0.2) is 30.8 Å². The molecule has 0 bridgehead atoms. The van der Waals surface area contributed by atoms with Crippen molar-refractivity contribution in [2.45, 2.75) is 19.4 Å². The fourth-order valence-electron chi connectivity index (χ4n) is 0.866. The fourth-order valence-corrected chi connectivity index (χ4v) is 1.75. The molecule has 0 aliphatic carbocycles. The Hall–Kier alpha value is -0.650. The van der Waals surface area contributed by atoms with Crippen LogP contribution in [0.1, 0.15) is 23.0 Å². The van der Waals surface area contributed by atoms with Gasteiger partial charge in [-0.15, -0.1) is 11.3 Å². The minimum atomic E-state index is -0.425. The molecule has 4 nitrogen and oxygen atoms in total. The number of methoxy groups -OCH3 is 1. The van der Waals surface area contributed by atoms with E-state index in [0.29, 0.717) is 17.9 Å². The molecular weight excluding hydrogens is 238 g/mol. The van der Waals surface area contributed by atoms with Crippen LogP contribution in [0, 0.1) is 0 Å². The van der Waals surface area contributed by atoms with Gasteiger partial charge in [-0.3, -0.25) is 0 Å². The Balaban J connectivity index is 2.34. The van der Waals surface area contributed by atoms with Gasteiger partial charge in [0.15, 0.2) is 10.0 Å². The monoisotopic (exact) mass is 249 g/mol. The molecule has 0 aromatic carbocycles. The van der Waals surface area contributed by atoms with Crippen molar-refractivity contribution in [1.29, 1.82) is 0 Å². The van der Waals surface area contributed by atoms with Crippen molar-refractivity contribution in [1.82, 2.24) is 4.98 Å². The number of hydrogen-bond donors (Lipinski definition) is 0. The summed E-state index contributed by atoms with van der Waals surface area (Å²) in [6.45, 7) is 2.23. The van der Waals surface area contributed by atoms with Crippen LogP contribution < -0.4 is 0 Å². The summed E-state index contributed by atoms with van der Waals surface area (Å²) in [4.78, 5) is 15.5. The predicted molar refractivity (Wildman–Crippen MR) is 58.5 cm³/mol. The molecule has 1 aromatic rings. The largest absolute Gasteiger partial charge is 0.461 e. The van der Waals surface area contributed by atoms with Gasteiger partial charge < -0.3 is 9.47 Å². The lowest BCUT2D eigenvalue weighted by molar-refractivity contribution is 0.0396. The van der Waals surface area contributed by atoms with Gasteiger partial charge in [-0.25, -0.2) is 9.78 Å². The van der Waals surface area contributed by atoms with Gasteiger partial charge in [-0.2, -0.15) is 0 Å². The molecule has 1 rings (SSSR count). The third kappa shape index (κ3) is 3.77. The summed E-state index contributed by atoms with van der Waals surface area (Å²) in [7, 11) is 1.62. The van der Waals surface area contributed by atoms with E-state index >= 15 is 0 Å². The standard InChI is InChI=1S/C9H12ClNO3S/c1-6(13-2)3-4-14-9(12)7-8(10)11-5-15-7/h5-6H,3-4H2,1-2H3/t6-/m1/s1. The summed E-state index contributed by atoms with van der Waals surface area (Å²) in [5, 5.41) is 0.199. The van der Waals surface area contributed by atoms with Gasteiger partial charge in [0.25, 0.3) is 0 Å². The van der Waals surface area contributed by atoms with E-state index in [9.17, 15) is 4.79 Å². The third-order valence-corrected chi connectivity index (χ3v) is 3.07. The van der Waals surface area contributed by atoms with Gasteiger partial charge in [0, 0.05) is 13.5 Å². The van der Waals surface area contributed by atoms with Crippen LogP contribution in [0.2, 0.25) is 5.15 Å². The van der Waals surface area contributed by atoms with E-state index in [1.165, 1.54) is 16.8 Å². The summed E-state index contributed by atoms with van der Waals surface area (Å²) in [6, 6.07) is 0. The molecule has 0 N–H and O–H groups in total. The maximum absolute atomic E-state index is 11.4. The normalized spacial score (nSPS) is 12.5. The van der Waals surface area contributed by atoms with Crippen molar-refractivity contribution in [3.8, 4) is 0 Å². The number of ether oxygens (including phenoxy) is 2. The van der Waals surface area contributed by atoms with Crippen LogP contribution in [0.15, 0.2) is 5.51 Å². The molecular formula is C9H12ClNO3S.